The van der Waals surface area contributed by atoms with Gasteiger partial charge >= 0.3 is 0 Å². The summed E-state index contributed by atoms with van der Waals surface area (Å²) in [6, 6.07) is 43.7. The molecule has 0 aromatic heterocycles. The van der Waals surface area contributed by atoms with Crippen molar-refractivity contribution in [2.45, 2.75) is 25.2 Å². The van der Waals surface area contributed by atoms with Gasteiger partial charge in [-0.15, -0.1) is 0 Å². The molecule has 0 amide bonds. The van der Waals surface area contributed by atoms with Gasteiger partial charge < -0.3 is 0 Å². The summed E-state index contributed by atoms with van der Waals surface area (Å²) in [4.78, 5) is 0. The van der Waals surface area contributed by atoms with Gasteiger partial charge in [-0.05, 0) is 137 Å². The molecule has 1 spiro atoms. The highest BCUT2D eigenvalue weighted by molar-refractivity contribution is 6.23. The molecule has 4 aliphatic rings. The smallest absolute Gasteiger partial charge is 0.0217 e. The number of rotatable bonds is 4. The van der Waals surface area contributed by atoms with Gasteiger partial charge in [0.05, 0.1) is 0 Å². The molecule has 51 heavy (non-hydrogen) atoms. The summed E-state index contributed by atoms with van der Waals surface area (Å²) in [6.07, 6.45) is 22.9. The second-order valence-electron chi connectivity index (χ2n) is 14.9. The highest BCUT2D eigenvalue weighted by Crippen LogP contribution is 2.64. The van der Waals surface area contributed by atoms with Crippen molar-refractivity contribution >= 4 is 50.0 Å². The summed E-state index contributed by atoms with van der Waals surface area (Å²) >= 11 is 0. The lowest BCUT2D eigenvalue weighted by Crippen LogP contribution is -2.15. The van der Waals surface area contributed by atoms with Gasteiger partial charge in [-0.25, -0.2) is 0 Å². The van der Waals surface area contributed by atoms with Gasteiger partial charge in [0.15, 0.2) is 0 Å². The highest BCUT2D eigenvalue weighted by atomic mass is 14.6. The number of fused-ring (bicyclic) bond motifs is 2. The lowest BCUT2D eigenvalue weighted by molar-refractivity contribution is 0.824. The molecule has 2 unspecified atom stereocenters. The van der Waals surface area contributed by atoms with E-state index in [9.17, 15) is 0 Å². The zero-order valence-electron chi connectivity index (χ0n) is 28.7. The molecule has 1 fully saturated rings. The van der Waals surface area contributed by atoms with Crippen molar-refractivity contribution in [2.24, 2.45) is 5.92 Å². The molecule has 7 aromatic carbocycles. The molecule has 4 aliphatic carbocycles. The molecule has 0 radical (unpaired) electrons. The first-order valence-corrected chi connectivity index (χ1v) is 18.3. The van der Waals surface area contributed by atoms with Crippen LogP contribution < -0.4 is 0 Å². The van der Waals surface area contributed by atoms with Gasteiger partial charge in [-0.2, -0.15) is 0 Å². The van der Waals surface area contributed by atoms with E-state index in [0.717, 1.165) is 6.42 Å². The number of hydrogen-bond acceptors (Lipinski definition) is 0. The Hall–Kier alpha value is -5.98. The van der Waals surface area contributed by atoms with E-state index in [2.05, 4.69) is 177 Å². The summed E-state index contributed by atoms with van der Waals surface area (Å²) < 4.78 is 0. The van der Waals surface area contributed by atoms with E-state index in [-0.39, 0.29) is 5.41 Å². The monoisotopic (exact) mass is 648 g/mol. The molecule has 7 aromatic rings. The lowest BCUT2D eigenvalue weighted by atomic mass is 9.75. The summed E-state index contributed by atoms with van der Waals surface area (Å²) in [5.41, 5.74) is 16.1. The van der Waals surface area contributed by atoms with Crippen LogP contribution in [0.15, 0.2) is 158 Å². The maximum absolute atomic E-state index is 2.54. The number of allylic oxidation sites excluding steroid dienone is 8. The zero-order valence-corrected chi connectivity index (χ0v) is 28.7. The molecule has 0 heterocycles. The largest absolute Gasteiger partial charge is 0.0801 e. The Morgan fingerprint density at radius 3 is 2.29 bits per heavy atom. The summed E-state index contributed by atoms with van der Waals surface area (Å²) in [7, 11) is 0. The molecule has 1 saturated carbocycles. The van der Waals surface area contributed by atoms with Gasteiger partial charge in [0.1, 0.15) is 0 Å². The quantitative estimate of drug-likeness (QED) is 0.167. The molecule has 0 N–H and O–H groups in total. The van der Waals surface area contributed by atoms with Gasteiger partial charge in [-0.3, -0.25) is 0 Å². The van der Waals surface area contributed by atoms with Gasteiger partial charge in [0.25, 0.3) is 0 Å². The Bertz CT molecular complexity index is 2800. The Kier molecular flexibility index (Phi) is 6.08. The van der Waals surface area contributed by atoms with Crippen LogP contribution in [0.4, 0.5) is 0 Å². The molecule has 0 nitrogen and oxygen atoms in total. The number of aryl methyl sites for hydroxylation is 1. The van der Waals surface area contributed by atoms with Crippen LogP contribution in [0, 0.1) is 12.8 Å². The number of hydrogen-bond donors (Lipinski definition) is 0. The van der Waals surface area contributed by atoms with E-state index < -0.39 is 0 Å². The highest BCUT2D eigenvalue weighted by Gasteiger charge is 2.56. The van der Waals surface area contributed by atoms with E-state index >= 15 is 0 Å². The van der Waals surface area contributed by atoms with E-state index in [0.29, 0.717) is 5.92 Å². The Morgan fingerprint density at radius 1 is 0.608 bits per heavy atom. The first-order chi connectivity index (χ1) is 25.2. The van der Waals surface area contributed by atoms with Crippen LogP contribution in [0.1, 0.15) is 40.7 Å². The maximum atomic E-state index is 2.54. The topological polar surface area (TPSA) is 0 Å². The molecule has 2 atom stereocenters. The fourth-order valence-corrected chi connectivity index (χ4v) is 9.49. The Morgan fingerprint density at radius 2 is 1.39 bits per heavy atom. The van der Waals surface area contributed by atoms with Crippen molar-refractivity contribution in [2.75, 3.05) is 0 Å². The van der Waals surface area contributed by atoms with Crippen molar-refractivity contribution in [1.82, 2.24) is 0 Å². The number of benzene rings is 7. The van der Waals surface area contributed by atoms with Crippen molar-refractivity contribution in [3.8, 4) is 33.4 Å². The fourth-order valence-electron chi connectivity index (χ4n) is 9.49. The standard InChI is InChI=1S/C51H36/c1-32-17-23-44-46(27-32)49(43-24-21-35-18-19-36-20-22-40-31-51(40)26-25-45(43)48(35)50(36)51)42-16-10-9-15-41(42)47(44)39-29-37(33-11-5-2-3-6-12-33)28-38(30-39)34-13-7-4-8-14-34/h2-11,13-30,40H,12,31H2,1H3. The van der Waals surface area contributed by atoms with Crippen LogP contribution in [-0.4, -0.2) is 0 Å². The normalized spacial score (nSPS) is 19.4. The van der Waals surface area contributed by atoms with Crippen LogP contribution in [-0.2, 0) is 5.41 Å². The van der Waals surface area contributed by atoms with E-state index in [1.165, 1.54) is 99.9 Å². The molecule has 11 rings (SSSR count). The van der Waals surface area contributed by atoms with Gasteiger partial charge in [0.2, 0.25) is 0 Å². The van der Waals surface area contributed by atoms with Crippen LogP contribution in [0.3, 0.4) is 0 Å². The Balaban J connectivity index is 1.23. The van der Waals surface area contributed by atoms with Crippen LogP contribution in [0.2, 0.25) is 0 Å². The van der Waals surface area contributed by atoms with Gasteiger partial charge in [0, 0.05) is 5.41 Å². The van der Waals surface area contributed by atoms with E-state index in [1.54, 1.807) is 5.56 Å². The SMILES string of the molecule is Cc1ccc2c(-c3cc(C4=CC=CC=CC4)cc(-c4ccccc4)c3)c3ccccc3c(-c3ccc4ccc5c6c4c3C=CC63CC3C=C5)c2c1. The minimum atomic E-state index is 0.180. The van der Waals surface area contributed by atoms with Crippen LogP contribution >= 0.6 is 0 Å². The average Bonchev–Trinajstić information content (AvgIpc) is 3.96. The molecule has 0 aliphatic heterocycles. The first-order valence-electron chi connectivity index (χ1n) is 18.3. The second kappa shape index (κ2) is 10.8. The van der Waals surface area contributed by atoms with Crippen LogP contribution in [0.25, 0.3) is 83.4 Å². The second-order valence-corrected chi connectivity index (χ2v) is 14.9. The third-order valence-corrected chi connectivity index (χ3v) is 12.0. The zero-order chi connectivity index (χ0) is 33.7. The van der Waals surface area contributed by atoms with E-state index in [1.807, 2.05) is 0 Å². The molecule has 0 saturated heterocycles. The van der Waals surface area contributed by atoms with Crippen molar-refractivity contribution < 1.29 is 0 Å². The minimum Gasteiger partial charge on any atom is -0.0801 e. The Labute approximate surface area is 299 Å². The molecular formula is C51H36. The predicted molar refractivity (Wildman–Crippen MR) is 219 cm³/mol. The molecule has 240 valence electrons. The van der Waals surface area contributed by atoms with E-state index in [4.69, 9.17) is 0 Å². The molecular weight excluding hydrogens is 613 g/mol. The van der Waals surface area contributed by atoms with Crippen molar-refractivity contribution in [1.29, 1.82) is 0 Å². The fraction of sp³-hybridized carbons (Fsp3) is 0.0980. The van der Waals surface area contributed by atoms with Crippen molar-refractivity contribution in [3.63, 3.8) is 0 Å². The summed E-state index contributed by atoms with van der Waals surface area (Å²) in [5, 5.41) is 8.00. The van der Waals surface area contributed by atoms with Gasteiger partial charge in [-0.1, -0.05) is 157 Å². The summed E-state index contributed by atoms with van der Waals surface area (Å²) in [6.45, 7) is 2.23. The molecule has 0 bridgehead atoms. The third kappa shape index (κ3) is 4.26. The first kappa shape index (κ1) is 28.8. The van der Waals surface area contributed by atoms with Crippen molar-refractivity contribution in [3.05, 3.63) is 186 Å². The predicted octanol–water partition coefficient (Wildman–Crippen LogP) is 13.7. The third-order valence-electron chi connectivity index (χ3n) is 12.0. The maximum Gasteiger partial charge on any atom is 0.0217 e. The lowest BCUT2D eigenvalue weighted by Gasteiger charge is -2.28. The average molecular weight is 649 g/mol. The summed E-state index contributed by atoms with van der Waals surface area (Å²) in [5.74, 6) is 0.629. The van der Waals surface area contributed by atoms with Crippen LogP contribution in [0.5, 0.6) is 0 Å². The molecule has 0 heteroatoms. The minimum absolute atomic E-state index is 0.180.